The fourth-order valence-corrected chi connectivity index (χ4v) is 3.15. The van der Waals surface area contributed by atoms with Gasteiger partial charge in [-0.15, -0.1) is 0 Å². The van der Waals surface area contributed by atoms with Crippen molar-refractivity contribution in [2.24, 2.45) is 5.92 Å². The fraction of sp³-hybridized carbons (Fsp3) is 0.733. The van der Waals surface area contributed by atoms with Gasteiger partial charge in [-0.05, 0) is 51.4 Å². The van der Waals surface area contributed by atoms with E-state index in [1.165, 1.54) is 17.7 Å². The van der Waals surface area contributed by atoms with Crippen LogP contribution >= 0.6 is 0 Å². The van der Waals surface area contributed by atoms with Gasteiger partial charge in [0.2, 0.25) is 0 Å². The second kappa shape index (κ2) is 6.16. The lowest BCUT2D eigenvalue weighted by Crippen LogP contribution is -2.36. The Morgan fingerprint density at radius 1 is 1.50 bits per heavy atom. The monoisotopic (exact) mass is 276 g/mol. The third kappa shape index (κ3) is 3.00. The highest BCUT2D eigenvalue weighted by molar-refractivity contribution is 5.22. The molecule has 0 aromatic carbocycles. The Hall–Kier alpha value is -1.04. The van der Waals surface area contributed by atoms with Crippen molar-refractivity contribution in [1.29, 1.82) is 0 Å². The first-order valence-electron chi connectivity index (χ1n) is 7.55. The van der Waals surface area contributed by atoms with Gasteiger partial charge in [-0.3, -0.25) is 0 Å². The van der Waals surface area contributed by atoms with Crippen molar-refractivity contribution < 1.29 is 4.74 Å². The van der Waals surface area contributed by atoms with Crippen molar-refractivity contribution >= 4 is 0 Å². The van der Waals surface area contributed by atoms with Gasteiger partial charge in [-0.25, -0.2) is 9.97 Å². The maximum absolute atomic E-state index is 5.81. The molecule has 0 bridgehead atoms. The maximum Gasteiger partial charge on any atom is 0.158 e. The van der Waals surface area contributed by atoms with Gasteiger partial charge in [0.15, 0.2) is 5.82 Å². The van der Waals surface area contributed by atoms with E-state index < -0.39 is 0 Å². The summed E-state index contributed by atoms with van der Waals surface area (Å²) in [6, 6.07) is 0. The Labute approximate surface area is 120 Å². The van der Waals surface area contributed by atoms with Crippen LogP contribution in [0.25, 0.3) is 0 Å². The number of hydrogen-bond donors (Lipinski definition) is 1. The van der Waals surface area contributed by atoms with Gasteiger partial charge in [-0.1, -0.05) is 0 Å². The number of morpholine rings is 1. The van der Waals surface area contributed by atoms with Crippen LogP contribution < -0.4 is 5.32 Å². The van der Waals surface area contributed by atoms with Gasteiger partial charge in [-0.2, -0.15) is 0 Å². The molecule has 2 heterocycles. The molecular weight excluding hydrogens is 252 g/mol. The van der Waals surface area contributed by atoms with Gasteiger partial charge in [0.05, 0.1) is 6.61 Å². The summed E-state index contributed by atoms with van der Waals surface area (Å²) in [5, 5.41) is 3.27. The van der Waals surface area contributed by atoms with E-state index in [9.17, 15) is 0 Å². The van der Waals surface area contributed by atoms with Crippen molar-refractivity contribution in [3.05, 3.63) is 23.3 Å². The van der Waals surface area contributed by atoms with Crippen LogP contribution in [0.2, 0.25) is 0 Å². The van der Waals surface area contributed by atoms with Crippen molar-refractivity contribution in [3.63, 3.8) is 0 Å². The molecule has 110 valence electrons. The average molecular weight is 276 g/mol. The minimum absolute atomic E-state index is 0.0362. The largest absolute Gasteiger partial charge is 0.368 e. The molecule has 0 saturated carbocycles. The lowest BCUT2D eigenvalue weighted by molar-refractivity contribution is -0.0256. The van der Waals surface area contributed by atoms with E-state index in [1.807, 2.05) is 13.2 Å². The summed E-state index contributed by atoms with van der Waals surface area (Å²) in [5.74, 6) is 1.58. The molecule has 0 radical (unpaired) electrons. The Morgan fingerprint density at radius 2 is 2.40 bits per heavy atom. The standard InChI is InChI=1S/C15H24N4O/c1-16-8-11-3-4-13-12(7-11)9-17-15(18-13)14-10-19(2)5-6-20-14/h9,11,14,16H,3-8,10H2,1-2H3. The first-order chi connectivity index (χ1) is 9.76. The molecule has 1 saturated heterocycles. The summed E-state index contributed by atoms with van der Waals surface area (Å²) >= 11 is 0. The molecule has 1 aromatic rings. The third-order valence-electron chi connectivity index (χ3n) is 4.32. The molecule has 3 rings (SSSR count). The number of nitrogens with zero attached hydrogens (tertiary/aromatic N) is 3. The second-order valence-corrected chi connectivity index (χ2v) is 5.99. The van der Waals surface area contributed by atoms with E-state index in [1.54, 1.807) is 0 Å². The lowest BCUT2D eigenvalue weighted by Gasteiger charge is -2.30. The summed E-state index contributed by atoms with van der Waals surface area (Å²) in [7, 11) is 4.14. The number of hydrogen-bond acceptors (Lipinski definition) is 5. The number of aromatic nitrogens is 2. The van der Waals surface area contributed by atoms with Crippen LogP contribution in [-0.4, -0.2) is 55.2 Å². The highest BCUT2D eigenvalue weighted by atomic mass is 16.5. The van der Waals surface area contributed by atoms with Crippen LogP contribution in [0.3, 0.4) is 0 Å². The molecule has 20 heavy (non-hydrogen) atoms. The summed E-state index contributed by atoms with van der Waals surface area (Å²) < 4.78 is 5.81. The molecule has 2 unspecified atom stereocenters. The van der Waals surface area contributed by atoms with E-state index >= 15 is 0 Å². The Kier molecular flexibility index (Phi) is 4.29. The Morgan fingerprint density at radius 3 is 3.20 bits per heavy atom. The number of ether oxygens (including phenoxy) is 1. The molecule has 2 atom stereocenters. The predicted octanol–water partition coefficient (Wildman–Crippen LogP) is 0.804. The topological polar surface area (TPSA) is 50.3 Å². The molecular formula is C15H24N4O. The van der Waals surface area contributed by atoms with Gasteiger partial charge in [0, 0.05) is 25.0 Å². The lowest BCUT2D eigenvalue weighted by atomic mass is 9.87. The number of nitrogens with one attached hydrogen (secondary N) is 1. The van der Waals surface area contributed by atoms with Gasteiger partial charge in [0.25, 0.3) is 0 Å². The van der Waals surface area contributed by atoms with E-state index in [2.05, 4.69) is 22.2 Å². The molecule has 1 aromatic heterocycles. The predicted molar refractivity (Wildman–Crippen MR) is 77.7 cm³/mol. The number of likely N-dealkylation sites (N-methyl/N-ethyl adjacent to an activating group) is 1. The zero-order valence-corrected chi connectivity index (χ0v) is 12.4. The van der Waals surface area contributed by atoms with Crippen molar-refractivity contribution in [1.82, 2.24) is 20.2 Å². The minimum Gasteiger partial charge on any atom is -0.368 e. The van der Waals surface area contributed by atoms with Gasteiger partial charge >= 0.3 is 0 Å². The molecule has 1 aliphatic heterocycles. The average Bonchev–Trinajstić information content (AvgIpc) is 2.47. The maximum atomic E-state index is 5.81. The van der Waals surface area contributed by atoms with E-state index in [0.717, 1.165) is 50.8 Å². The van der Waals surface area contributed by atoms with Crippen LogP contribution in [-0.2, 0) is 17.6 Å². The summed E-state index contributed by atoms with van der Waals surface area (Å²) in [5.41, 5.74) is 2.56. The van der Waals surface area contributed by atoms with Crippen molar-refractivity contribution in [3.8, 4) is 0 Å². The number of fused-ring (bicyclic) bond motifs is 1. The highest BCUT2D eigenvalue weighted by Gasteiger charge is 2.25. The van der Waals surface area contributed by atoms with Crippen LogP contribution in [0.15, 0.2) is 6.20 Å². The van der Waals surface area contributed by atoms with Crippen LogP contribution in [0, 0.1) is 5.92 Å². The van der Waals surface area contributed by atoms with Crippen LogP contribution in [0.5, 0.6) is 0 Å². The first-order valence-corrected chi connectivity index (χ1v) is 7.55. The Bertz CT molecular complexity index is 465. The minimum atomic E-state index is 0.0362. The van der Waals surface area contributed by atoms with Crippen molar-refractivity contribution in [2.75, 3.05) is 40.3 Å². The molecule has 5 nitrogen and oxygen atoms in total. The normalized spacial score (nSPS) is 27.3. The first kappa shape index (κ1) is 13.9. The van der Waals surface area contributed by atoms with E-state index in [0.29, 0.717) is 0 Å². The molecule has 1 fully saturated rings. The second-order valence-electron chi connectivity index (χ2n) is 5.99. The SMILES string of the molecule is CNCC1CCc2nc(C3CN(C)CCO3)ncc2C1. The highest BCUT2D eigenvalue weighted by Crippen LogP contribution is 2.25. The van der Waals surface area contributed by atoms with Gasteiger partial charge in [0.1, 0.15) is 6.10 Å². The molecule has 2 aliphatic rings. The van der Waals surface area contributed by atoms with Crippen LogP contribution in [0.4, 0.5) is 0 Å². The summed E-state index contributed by atoms with van der Waals surface area (Å²) in [4.78, 5) is 11.6. The van der Waals surface area contributed by atoms with Crippen molar-refractivity contribution in [2.45, 2.75) is 25.4 Å². The number of rotatable bonds is 3. The molecule has 1 N–H and O–H groups in total. The zero-order chi connectivity index (χ0) is 13.9. The quantitative estimate of drug-likeness (QED) is 0.885. The fourth-order valence-electron chi connectivity index (χ4n) is 3.15. The Balaban J connectivity index is 1.73. The molecule has 0 amide bonds. The number of aryl methyl sites for hydroxylation is 1. The summed E-state index contributed by atoms with van der Waals surface area (Å²) in [6.45, 7) is 3.73. The smallest absolute Gasteiger partial charge is 0.158 e. The third-order valence-corrected chi connectivity index (χ3v) is 4.32. The molecule has 0 spiro atoms. The zero-order valence-electron chi connectivity index (χ0n) is 12.4. The van der Waals surface area contributed by atoms with E-state index in [-0.39, 0.29) is 6.10 Å². The van der Waals surface area contributed by atoms with Gasteiger partial charge < -0.3 is 15.0 Å². The van der Waals surface area contributed by atoms with E-state index in [4.69, 9.17) is 9.72 Å². The van der Waals surface area contributed by atoms with Crippen LogP contribution in [0.1, 0.15) is 29.6 Å². The summed E-state index contributed by atoms with van der Waals surface area (Å²) in [6.07, 6.45) is 5.45. The molecule has 5 heteroatoms. The molecule has 1 aliphatic carbocycles.